The molecule has 3 N–H and O–H groups in total. The first-order valence-corrected chi connectivity index (χ1v) is 6.70. The number of carboxylic acid groups (broad SMARTS) is 1. The molecule has 112 valence electrons. The maximum Gasteiger partial charge on any atom is 0.328 e. The van der Waals surface area contributed by atoms with Crippen LogP contribution in [0.5, 0.6) is 0 Å². The number of likely N-dealkylation sites (tertiary alicyclic amines) is 1. The van der Waals surface area contributed by atoms with Gasteiger partial charge in [-0.3, -0.25) is 9.69 Å². The van der Waals surface area contributed by atoms with Crippen LogP contribution in [0.2, 0.25) is 0 Å². The van der Waals surface area contributed by atoms with Gasteiger partial charge in [-0.15, -0.1) is 0 Å². The Morgan fingerprint density at radius 1 is 1.48 bits per heavy atom. The lowest BCUT2D eigenvalue weighted by Crippen LogP contribution is -2.39. The van der Waals surface area contributed by atoms with E-state index >= 15 is 0 Å². The Labute approximate surface area is 121 Å². The van der Waals surface area contributed by atoms with Crippen molar-refractivity contribution in [2.75, 3.05) is 6.54 Å². The smallest absolute Gasteiger partial charge is 0.328 e. The molecular weight excluding hydrogens is 275 g/mol. The van der Waals surface area contributed by atoms with Crippen LogP contribution in [0.3, 0.4) is 0 Å². The minimum atomic E-state index is -1.08. The normalized spacial score (nSPS) is 19.2. The quantitative estimate of drug-likeness (QED) is 0.803. The fraction of sp³-hybridized carbons (Fsp3) is 0.333. The number of carboxylic acids is 1. The number of carbonyl (C=O) groups excluding carboxylic acids is 1. The minimum absolute atomic E-state index is 0.322. The average molecular weight is 292 g/mol. The molecule has 21 heavy (non-hydrogen) atoms. The van der Waals surface area contributed by atoms with Gasteiger partial charge in [0.2, 0.25) is 5.91 Å². The molecule has 6 heteroatoms. The Balaban J connectivity index is 2.11. The van der Waals surface area contributed by atoms with Crippen LogP contribution in [0.15, 0.2) is 24.3 Å². The summed E-state index contributed by atoms with van der Waals surface area (Å²) < 4.78 is 14.0. The lowest BCUT2D eigenvalue weighted by atomic mass is 10.1. The van der Waals surface area contributed by atoms with E-state index in [4.69, 9.17) is 10.8 Å². The molecule has 1 aromatic carbocycles. The van der Waals surface area contributed by atoms with Gasteiger partial charge >= 0.3 is 5.97 Å². The van der Waals surface area contributed by atoms with Crippen LogP contribution in [0.25, 0.3) is 6.08 Å². The standard InChI is InChI=1S/C15H17FN2O3/c16-12-8-10(4-6-14(19)20)3-5-11(12)9-18-7-1-2-13(18)15(17)21/h3-6,8,13H,1-2,7,9H2,(H2,17,21)(H,19,20). The van der Waals surface area contributed by atoms with Gasteiger partial charge in [-0.1, -0.05) is 12.1 Å². The van der Waals surface area contributed by atoms with Gasteiger partial charge in [0.25, 0.3) is 0 Å². The van der Waals surface area contributed by atoms with Crippen LogP contribution < -0.4 is 5.73 Å². The molecule has 0 spiro atoms. The Hall–Kier alpha value is -2.21. The first-order valence-electron chi connectivity index (χ1n) is 6.70. The van der Waals surface area contributed by atoms with Gasteiger partial charge in [0.1, 0.15) is 5.82 Å². The number of hydrogen-bond acceptors (Lipinski definition) is 3. The molecule has 0 saturated carbocycles. The number of halogens is 1. The number of primary amides is 1. The molecule has 1 unspecified atom stereocenters. The molecule has 0 aliphatic carbocycles. The molecular formula is C15H17FN2O3. The van der Waals surface area contributed by atoms with Gasteiger partial charge in [-0.05, 0) is 37.1 Å². The predicted octanol–water partition coefficient (Wildman–Crippen LogP) is 1.37. The zero-order chi connectivity index (χ0) is 15.4. The van der Waals surface area contributed by atoms with Gasteiger partial charge < -0.3 is 10.8 Å². The van der Waals surface area contributed by atoms with Crippen LogP contribution in [-0.4, -0.2) is 34.5 Å². The summed E-state index contributed by atoms with van der Waals surface area (Å²) in [5.74, 6) is -1.88. The summed E-state index contributed by atoms with van der Waals surface area (Å²) in [5.41, 5.74) is 6.28. The molecule has 1 aliphatic rings. The molecule has 2 rings (SSSR count). The van der Waals surface area contributed by atoms with Crippen molar-refractivity contribution in [2.24, 2.45) is 5.73 Å². The first kappa shape index (κ1) is 15.2. The highest BCUT2D eigenvalue weighted by Gasteiger charge is 2.29. The van der Waals surface area contributed by atoms with Crippen molar-refractivity contribution in [3.63, 3.8) is 0 Å². The topological polar surface area (TPSA) is 83.6 Å². The zero-order valence-electron chi connectivity index (χ0n) is 11.5. The monoisotopic (exact) mass is 292 g/mol. The van der Waals surface area contributed by atoms with Crippen molar-refractivity contribution in [2.45, 2.75) is 25.4 Å². The molecule has 0 aromatic heterocycles. The van der Waals surface area contributed by atoms with Gasteiger partial charge in [-0.2, -0.15) is 0 Å². The van der Waals surface area contributed by atoms with E-state index < -0.39 is 11.8 Å². The number of hydrogen-bond donors (Lipinski definition) is 2. The van der Waals surface area contributed by atoms with Gasteiger partial charge in [-0.25, -0.2) is 9.18 Å². The minimum Gasteiger partial charge on any atom is -0.478 e. The lowest BCUT2D eigenvalue weighted by molar-refractivity contribution is -0.131. The third-order valence-electron chi connectivity index (χ3n) is 3.56. The molecule has 1 saturated heterocycles. The van der Waals surface area contributed by atoms with Gasteiger partial charge in [0.05, 0.1) is 6.04 Å². The van der Waals surface area contributed by atoms with E-state index in [1.165, 1.54) is 12.1 Å². The number of nitrogens with two attached hydrogens (primary N) is 1. The summed E-state index contributed by atoms with van der Waals surface area (Å²) in [6.45, 7) is 1.04. The Morgan fingerprint density at radius 3 is 2.86 bits per heavy atom. The number of nitrogens with zero attached hydrogens (tertiary/aromatic N) is 1. The van der Waals surface area contributed by atoms with E-state index in [1.54, 1.807) is 12.1 Å². The number of aliphatic carboxylic acids is 1. The predicted molar refractivity (Wildman–Crippen MR) is 75.7 cm³/mol. The maximum atomic E-state index is 14.0. The molecule has 0 radical (unpaired) electrons. The molecule has 1 fully saturated rings. The van der Waals surface area contributed by atoms with E-state index in [2.05, 4.69) is 0 Å². The Morgan fingerprint density at radius 2 is 2.24 bits per heavy atom. The second-order valence-corrected chi connectivity index (χ2v) is 5.05. The van der Waals surface area contributed by atoms with E-state index in [0.29, 0.717) is 30.6 Å². The summed E-state index contributed by atoms with van der Waals surface area (Å²) in [5, 5.41) is 8.54. The third-order valence-corrected chi connectivity index (χ3v) is 3.56. The van der Waals surface area contributed by atoms with Crippen LogP contribution in [0.1, 0.15) is 24.0 Å². The van der Waals surface area contributed by atoms with Crippen molar-refractivity contribution >= 4 is 18.0 Å². The number of rotatable bonds is 5. The van der Waals surface area contributed by atoms with Crippen molar-refractivity contribution < 1.29 is 19.1 Å². The van der Waals surface area contributed by atoms with Crippen molar-refractivity contribution in [3.05, 3.63) is 41.2 Å². The Bertz CT molecular complexity index is 586. The highest BCUT2D eigenvalue weighted by Crippen LogP contribution is 2.21. The van der Waals surface area contributed by atoms with Crippen LogP contribution in [0.4, 0.5) is 4.39 Å². The van der Waals surface area contributed by atoms with Crippen molar-refractivity contribution in [3.8, 4) is 0 Å². The molecule has 0 bridgehead atoms. The van der Waals surface area contributed by atoms with E-state index in [-0.39, 0.29) is 11.9 Å². The van der Waals surface area contributed by atoms with Crippen LogP contribution >= 0.6 is 0 Å². The third kappa shape index (κ3) is 3.88. The lowest BCUT2D eigenvalue weighted by Gasteiger charge is -2.22. The summed E-state index contributed by atoms with van der Waals surface area (Å²) in [6, 6.07) is 4.20. The van der Waals surface area contributed by atoms with Crippen LogP contribution in [-0.2, 0) is 16.1 Å². The number of carbonyl (C=O) groups is 2. The summed E-state index contributed by atoms with van der Waals surface area (Å²) in [6.07, 6.45) is 3.86. The largest absolute Gasteiger partial charge is 0.478 e. The Kier molecular flexibility index (Phi) is 4.70. The summed E-state index contributed by atoms with van der Waals surface area (Å²) in [4.78, 5) is 23.6. The second kappa shape index (κ2) is 6.49. The number of amides is 1. The summed E-state index contributed by atoms with van der Waals surface area (Å²) >= 11 is 0. The van der Waals surface area contributed by atoms with Gasteiger partial charge in [0, 0.05) is 18.2 Å². The van der Waals surface area contributed by atoms with Crippen LogP contribution in [0, 0.1) is 5.82 Å². The molecule has 1 amide bonds. The fourth-order valence-corrected chi connectivity index (χ4v) is 2.52. The second-order valence-electron chi connectivity index (χ2n) is 5.05. The molecule has 1 atom stereocenters. The van der Waals surface area contributed by atoms with E-state index in [1.807, 2.05) is 4.90 Å². The highest BCUT2D eigenvalue weighted by atomic mass is 19.1. The molecule has 1 aromatic rings. The fourth-order valence-electron chi connectivity index (χ4n) is 2.52. The van der Waals surface area contributed by atoms with Crippen molar-refractivity contribution in [1.29, 1.82) is 0 Å². The van der Waals surface area contributed by atoms with E-state index in [0.717, 1.165) is 12.5 Å². The molecule has 5 nitrogen and oxygen atoms in total. The number of benzene rings is 1. The molecule has 1 heterocycles. The first-order chi connectivity index (χ1) is 9.97. The SMILES string of the molecule is NC(=O)C1CCCN1Cc1ccc(C=CC(=O)O)cc1F. The van der Waals surface area contributed by atoms with Crippen molar-refractivity contribution in [1.82, 2.24) is 4.90 Å². The average Bonchev–Trinajstić information content (AvgIpc) is 2.87. The van der Waals surface area contributed by atoms with E-state index in [9.17, 15) is 14.0 Å². The maximum absolute atomic E-state index is 14.0. The zero-order valence-corrected chi connectivity index (χ0v) is 11.5. The summed E-state index contributed by atoms with van der Waals surface area (Å²) in [7, 11) is 0. The van der Waals surface area contributed by atoms with Gasteiger partial charge in [0.15, 0.2) is 0 Å². The molecule has 1 aliphatic heterocycles. The highest BCUT2D eigenvalue weighted by molar-refractivity contribution is 5.85.